The molecular weight excluding hydrogens is 326 g/mol. The molecule has 1 amide bonds. The van der Waals surface area contributed by atoms with Crippen LogP contribution in [0, 0.1) is 6.92 Å². The van der Waals surface area contributed by atoms with Gasteiger partial charge in [0.1, 0.15) is 0 Å². The van der Waals surface area contributed by atoms with Gasteiger partial charge >= 0.3 is 0 Å². The summed E-state index contributed by atoms with van der Waals surface area (Å²) in [6.07, 6.45) is 5.48. The van der Waals surface area contributed by atoms with Crippen LogP contribution < -0.4 is 5.32 Å². The summed E-state index contributed by atoms with van der Waals surface area (Å²) in [7, 11) is 0. The molecule has 0 saturated heterocycles. The molecule has 0 spiro atoms. The number of amides is 1. The first-order valence-corrected chi connectivity index (χ1v) is 8.02. The molecule has 4 heteroatoms. The van der Waals surface area contributed by atoms with Crippen molar-refractivity contribution >= 4 is 33.4 Å². The van der Waals surface area contributed by atoms with Crippen LogP contribution in [-0.4, -0.2) is 17.3 Å². The number of halogens is 2. The van der Waals surface area contributed by atoms with E-state index in [0.717, 1.165) is 35.7 Å². The first kappa shape index (κ1) is 14.9. The Morgan fingerprint density at radius 2 is 2.05 bits per heavy atom. The maximum absolute atomic E-state index is 12.3. The molecule has 2 atom stereocenters. The number of carbonyl (C=O) groups is 1. The Bertz CT molecular complexity index is 463. The second-order valence-electron chi connectivity index (χ2n) is 5.17. The molecule has 1 aliphatic carbocycles. The Labute approximate surface area is 128 Å². The third-order valence-electron chi connectivity index (χ3n) is 3.68. The van der Waals surface area contributed by atoms with Gasteiger partial charge in [-0.3, -0.25) is 4.79 Å². The van der Waals surface area contributed by atoms with Crippen molar-refractivity contribution in [3.63, 3.8) is 0 Å². The van der Waals surface area contributed by atoms with Crippen molar-refractivity contribution in [2.45, 2.75) is 50.4 Å². The highest BCUT2D eigenvalue weighted by Gasteiger charge is 2.24. The lowest BCUT2D eigenvalue weighted by molar-refractivity contribution is 0.0933. The smallest absolute Gasteiger partial charge is 0.252 e. The summed E-state index contributed by atoms with van der Waals surface area (Å²) in [6.45, 7) is 1.98. The van der Waals surface area contributed by atoms with Crippen molar-refractivity contribution in [2.75, 3.05) is 0 Å². The average Bonchev–Trinajstić information content (AvgIpc) is 2.58. The summed E-state index contributed by atoms with van der Waals surface area (Å²) in [5, 5.41) is 3.14. The summed E-state index contributed by atoms with van der Waals surface area (Å²) < 4.78 is 0.868. The van der Waals surface area contributed by atoms with Gasteiger partial charge in [-0.25, -0.2) is 0 Å². The molecule has 1 aromatic carbocycles. The van der Waals surface area contributed by atoms with Crippen LogP contribution >= 0.6 is 27.5 Å². The highest BCUT2D eigenvalue weighted by Crippen LogP contribution is 2.24. The molecular formula is C15H19BrClNO. The molecule has 1 fully saturated rings. The van der Waals surface area contributed by atoms with E-state index in [2.05, 4.69) is 21.2 Å². The number of carbonyl (C=O) groups excluding carboxylic acids is 1. The lowest BCUT2D eigenvalue weighted by Gasteiger charge is -2.21. The van der Waals surface area contributed by atoms with Crippen molar-refractivity contribution in [2.24, 2.45) is 0 Å². The number of nitrogens with one attached hydrogen (secondary N) is 1. The predicted octanol–water partition coefficient (Wildman–Crippen LogP) is 4.43. The Morgan fingerprint density at radius 3 is 2.84 bits per heavy atom. The first-order chi connectivity index (χ1) is 9.09. The van der Waals surface area contributed by atoms with Gasteiger partial charge in [0, 0.05) is 10.5 Å². The third kappa shape index (κ3) is 3.73. The lowest BCUT2D eigenvalue weighted by atomic mass is 10.1. The van der Waals surface area contributed by atoms with E-state index in [4.69, 9.17) is 11.6 Å². The zero-order valence-corrected chi connectivity index (χ0v) is 13.4. The average molecular weight is 345 g/mol. The largest absolute Gasteiger partial charge is 0.348 e. The first-order valence-electron chi connectivity index (χ1n) is 6.79. The second kappa shape index (κ2) is 6.76. The molecule has 0 aliphatic heterocycles. The molecule has 2 unspecified atom stereocenters. The molecule has 104 valence electrons. The van der Waals surface area contributed by atoms with Gasteiger partial charge in [-0.1, -0.05) is 31.4 Å². The monoisotopic (exact) mass is 343 g/mol. The van der Waals surface area contributed by atoms with Crippen LogP contribution in [0.4, 0.5) is 0 Å². The zero-order chi connectivity index (χ0) is 13.8. The van der Waals surface area contributed by atoms with Gasteiger partial charge in [-0.05, 0) is 47.3 Å². The van der Waals surface area contributed by atoms with Crippen LogP contribution in [0.25, 0.3) is 0 Å². The molecule has 1 aliphatic rings. The third-order valence-corrected chi connectivity index (χ3v) is 5.26. The molecule has 1 saturated carbocycles. The zero-order valence-electron chi connectivity index (χ0n) is 11.1. The standard InChI is InChI=1S/C15H19BrClNO/c1-10-6-5-7-11(14(10)16)15(19)18-13-9-4-2-3-8-12(13)17/h5-7,12-13H,2-4,8-9H2,1H3,(H,18,19). The van der Waals surface area contributed by atoms with Crippen molar-refractivity contribution < 1.29 is 4.79 Å². The number of benzene rings is 1. The minimum atomic E-state index is -0.0341. The molecule has 0 heterocycles. The highest BCUT2D eigenvalue weighted by molar-refractivity contribution is 9.10. The second-order valence-corrected chi connectivity index (χ2v) is 6.52. The van der Waals surface area contributed by atoms with E-state index in [1.165, 1.54) is 6.42 Å². The van der Waals surface area contributed by atoms with E-state index >= 15 is 0 Å². The van der Waals surface area contributed by atoms with Gasteiger partial charge in [0.05, 0.1) is 10.9 Å². The van der Waals surface area contributed by atoms with Crippen molar-refractivity contribution in [3.05, 3.63) is 33.8 Å². The van der Waals surface area contributed by atoms with Crippen LogP contribution in [0.1, 0.15) is 48.0 Å². The molecule has 19 heavy (non-hydrogen) atoms. The normalized spacial score (nSPS) is 23.7. The SMILES string of the molecule is Cc1cccc(C(=O)NC2CCCCCC2Cl)c1Br. The maximum Gasteiger partial charge on any atom is 0.252 e. The van der Waals surface area contributed by atoms with E-state index in [0.29, 0.717) is 5.56 Å². The van der Waals surface area contributed by atoms with Crippen LogP contribution in [-0.2, 0) is 0 Å². The highest BCUT2D eigenvalue weighted by atomic mass is 79.9. The summed E-state index contributed by atoms with van der Waals surface area (Å²) in [5.41, 5.74) is 1.75. The molecule has 1 aromatic rings. The molecule has 0 bridgehead atoms. The van der Waals surface area contributed by atoms with Crippen LogP contribution in [0.2, 0.25) is 0 Å². The summed E-state index contributed by atoms with van der Waals surface area (Å²) in [6, 6.07) is 5.81. The fourth-order valence-electron chi connectivity index (χ4n) is 2.49. The van der Waals surface area contributed by atoms with Crippen LogP contribution in [0.5, 0.6) is 0 Å². The molecule has 1 N–H and O–H groups in total. The van der Waals surface area contributed by atoms with E-state index in [1.54, 1.807) is 0 Å². The number of hydrogen-bond acceptors (Lipinski definition) is 1. The predicted molar refractivity (Wildman–Crippen MR) is 82.9 cm³/mol. The van der Waals surface area contributed by atoms with Gasteiger partial charge < -0.3 is 5.32 Å². The van der Waals surface area contributed by atoms with Crippen molar-refractivity contribution in [3.8, 4) is 0 Å². The topological polar surface area (TPSA) is 29.1 Å². The van der Waals surface area contributed by atoms with Gasteiger partial charge in [0.15, 0.2) is 0 Å². The Kier molecular flexibility index (Phi) is 5.28. The van der Waals surface area contributed by atoms with Gasteiger partial charge in [-0.15, -0.1) is 11.6 Å². The quantitative estimate of drug-likeness (QED) is 0.624. The van der Waals surface area contributed by atoms with Gasteiger partial charge in [0.25, 0.3) is 5.91 Å². The van der Waals surface area contributed by atoms with Crippen LogP contribution in [0.3, 0.4) is 0 Å². The minimum Gasteiger partial charge on any atom is -0.348 e. The number of aryl methyl sites for hydroxylation is 1. The minimum absolute atomic E-state index is 0.0341. The fourth-order valence-corrected chi connectivity index (χ4v) is 3.28. The number of hydrogen-bond donors (Lipinski definition) is 1. The number of alkyl halides is 1. The molecule has 2 rings (SSSR count). The van der Waals surface area contributed by atoms with Crippen LogP contribution in [0.15, 0.2) is 22.7 Å². The van der Waals surface area contributed by atoms with Crippen molar-refractivity contribution in [1.29, 1.82) is 0 Å². The maximum atomic E-state index is 12.3. The lowest BCUT2D eigenvalue weighted by Crippen LogP contribution is -2.40. The number of rotatable bonds is 2. The van der Waals surface area contributed by atoms with Gasteiger partial charge in [0.2, 0.25) is 0 Å². The summed E-state index contributed by atoms with van der Waals surface area (Å²) >= 11 is 9.85. The van der Waals surface area contributed by atoms with E-state index in [1.807, 2.05) is 25.1 Å². The summed E-state index contributed by atoms with van der Waals surface area (Å²) in [4.78, 5) is 12.3. The molecule has 2 nitrogen and oxygen atoms in total. The van der Waals surface area contributed by atoms with Crippen molar-refractivity contribution in [1.82, 2.24) is 5.32 Å². The summed E-state index contributed by atoms with van der Waals surface area (Å²) in [5.74, 6) is -0.0341. The van der Waals surface area contributed by atoms with E-state index in [9.17, 15) is 4.79 Å². The fraction of sp³-hybridized carbons (Fsp3) is 0.533. The molecule has 0 radical (unpaired) electrons. The van der Waals surface area contributed by atoms with E-state index in [-0.39, 0.29) is 17.3 Å². The Balaban J connectivity index is 2.09. The van der Waals surface area contributed by atoms with E-state index < -0.39 is 0 Å². The Morgan fingerprint density at radius 1 is 1.32 bits per heavy atom. The Hall–Kier alpha value is -0.540. The molecule has 0 aromatic heterocycles. The van der Waals surface area contributed by atoms with Gasteiger partial charge in [-0.2, -0.15) is 0 Å².